The van der Waals surface area contributed by atoms with Gasteiger partial charge in [-0.15, -0.1) is 0 Å². The van der Waals surface area contributed by atoms with Gasteiger partial charge in [-0.3, -0.25) is 9.59 Å². The average Bonchev–Trinajstić information content (AvgIpc) is 3.20. The maximum absolute atomic E-state index is 12.8. The van der Waals surface area contributed by atoms with Crippen LogP contribution >= 0.6 is 12.2 Å². The molecule has 0 bridgehead atoms. The molecule has 0 spiro atoms. The van der Waals surface area contributed by atoms with E-state index in [1.165, 1.54) is 11.2 Å². The maximum Gasteiger partial charge on any atom is 0.338 e. The van der Waals surface area contributed by atoms with E-state index in [-0.39, 0.29) is 19.1 Å². The molecule has 0 radical (unpaired) electrons. The fourth-order valence-electron chi connectivity index (χ4n) is 4.12. The van der Waals surface area contributed by atoms with E-state index in [9.17, 15) is 14.4 Å². The van der Waals surface area contributed by atoms with Crippen molar-refractivity contribution in [1.29, 1.82) is 0 Å². The van der Waals surface area contributed by atoms with Gasteiger partial charge in [0.15, 0.2) is 11.7 Å². The molecule has 11 nitrogen and oxygen atoms in total. The number of hydrogen-bond donors (Lipinski definition) is 3. The average molecular weight is 549 g/mol. The third kappa shape index (κ3) is 6.29. The molecule has 2 aliphatic heterocycles. The molecule has 0 saturated carbocycles. The zero-order valence-electron chi connectivity index (χ0n) is 21.6. The molecule has 2 heterocycles. The fraction of sp³-hybridized carbons (Fsp3) is 0.259. The maximum atomic E-state index is 12.8. The largest absolute Gasteiger partial charge is 0.483 e. The van der Waals surface area contributed by atoms with Gasteiger partial charge in [-0.2, -0.15) is 15.2 Å². The zero-order chi connectivity index (χ0) is 27.9. The van der Waals surface area contributed by atoms with Crippen molar-refractivity contribution in [2.75, 3.05) is 18.2 Å². The van der Waals surface area contributed by atoms with E-state index in [2.05, 4.69) is 26.3 Å². The van der Waals surface area contributed by atoms with Crippen molar-refractivity contribution >= 4 is 52.7 Å². The van der Waals surface area contributed by atoms with Gasteiger partial charge in [0.25, 0.3) is 11.8 Å². The lowest BCUT2D eigenvalue weighted by Gasteiger charge is -2.30. The highest BCUT2D eigenvalue weighted by Gasteiger charge is 2.34. The molecule has 3 N–H and O–H groups in total. The molecular formula is C27H28N6O5S. The van der Waals surface area contributed by atoms with Crippen molar-refractivity contribution in [1.82, 2.24) is 16.1 Å². The lowest BCUT2D eigenvalue weighted by atomic mass is 9.95. The normalized spacial score (nSPS) is 18.9. The van der Waals surface area contributed by atoms with Crippen LogP contribution in [0.15, 0.2) is 76.1 Å². The number of amides is 2. The van der Waals surface area contributed by atoms with Crippen LogP contribution in [0.3, 0.4) is 0 Å². The first kappa shape index (κ1) is 27.5. The molecule has 2 atom stereocenters. The van der Waals surface area contributed by atoms with E-state index in [1.807, 2.05) is 18.2 Å². The molecule has 12 heteroatoms. The second-order valence-electron chi connectivity index (χ2n) is 8.63. The van der Waals surface area contributed by atoms with Crippen LogP contribution in [0.4, 0.5) is 5.69 Å². The van der Waals surface area contributed by atoms with Crippen molar-refractivity contribution in [2.45, 2.75) is 26.8 Å². The van der Waals surface area contributed by atoms with Crippen LogP contribution in [-0.2, 0) is 19.1 Å². The highest BCUT2D eigenvalue weighted by molar-refractivity contribution is 7.80. The van der Waals surface area contributed by atoms with Gasteiger partial charge in [0.2, 0.25) is 0 Å². The van der Waals surface area contributed by atoms with Crippen LogP contribution in [0, 0.1) is 5.92 Å². The minimum atomic E-state index is -0.696. The van der Waals surface area contributed by atoms with Gasteiger partial charge in [0.05, 0.1) is 29.6 Å². The minimum absolute atomic E-state index is 0.216. The van der Waals surface area contributed by atoms with Gasteiger partial charge in [0, 0.05) is 17.5 Å². The molecule has 0 saturated heterocycles. The highest BCUT2D eigenvalue weighted by atomic mass is 32.1. The van der Waals surface area contributed by atoms with Crippen molar-refractivity contribution < 1.29 is 23.9 Å². The predicted molar refractivity (Wildman–Crippen MR) is 150 cm³/mol. The Balaban J connectivity index is 1.40. The first-order chi connectivity index (χ1) is 18.8. The molecule has 2 aliphatic rings. The van der Waals surface area contributed by atoms with Crippen molar-refractivity contribution in [3.05, 3.63) is 71.4 Å². The van der Waals surface area contributed by atoms with E-state index in [0.717, 1.165) is 0 Å². The Morgan fingerprint density at radius 1 is 1.15 bits per heavy atom. The number of para-hydroxylation sites is 2. The van der Waals surface area contributed by atoms with Crippen molar-refractivity contribution in [2.24, 2.45) is 16.1 Å². The molecule has 2 aromatic rings. The topological polar surface area (TPSA) is 134 Å². The Kier molecular flexibility index (Phi) is 8.67. The van der Waals surface area contributed by atoms with Gasteiger partial charge >= 0.3 is 5.97 Å². The third-order valence-electron chi connectivity index (χ3n) is 5.95. The Morgan fingerprint density at radius 3 is 2.62 bits per heavy atom. The van der Waals surface area contributed by atoms with Crippen LogP contribution in [-0.4, -0.2) is 48.0 Å². The van der Waals surface area contributed by atoms with Gasteiger partial charge in [-0.25, -0.2) is 10.2 Å². The highest BCUT2D eigenvalue weighted by Crippen LogP contribution is 2.33. The van der Waals surface area contributed by atoms with Crippen molar-refractivity contribution in [3.8, 4) is 5.75 Å². The van der Waals surface area contributed by atoms with Crippen LogP contribution in [0.5, 0.6) is 5.75 Å². The summed E-state index contributed by atoms with van der Waals surface area (Å²) in [5.41, 5.74) is 5.11. The first-order valence-corrected chi connectivity index (χ1v) is 12.6. The van der Waals surface area contributed by atoms with Gasteiger partial charge in [-0.1, -0.05) is 36.4 Å². The predicted octanol–water partition coefficient (Wildman–Crippen LogP) is 2.56. The summed E-state index contributed by atoms with van der Waals surface area (Å²) < 4.78 is 11.0. The molecule has 4 rings (SSSR count). The summed E-state index contributed by atoms with van der Waals surface area (Å²) in [5, 5.41) is 15.9. The number of carbonyl (C=O) groups is 3. The van der Waals surface area contributed by atoms with Crippen LogP contribution in [0.1, 0.15) is 32.4 Å². The Morgan fingerprint density at radius 2 is 1.87 bits per heavy atom. The molecule has 0 aliphatic carbocycles. The number of hydrazone groups is 2. The smallest absolute Gasteiger partial charge is 0.338 e. The molecule has 0 aromatic heterocycles. The summed E-state index contributed by atoms with van der Waals surface area (Å²) in [5.74, 6) is -1.61. The van der Waals surface area contributed by atoms with E-state index >= 15 is 0 Å². The lowest BCUT2D eigenvalue weighted by Crippen LogP contribution is -2.45. The number of esters is 1. The quantitative estimate of drug-likeness (QED) is 0.188. The van der Waals surface area contributed by atoms with Gasteiger partial charge in [0.1, 0.15) is 11.7 Å². The summed E-state index contributed by atoms with van der Waals surface area (Å²) in [6.07, 6.45) is 1.34. The fourth-order valence-corrected chi connectivity index (χ4v) is 4.39. The molecule has 2 aromatic carbocycles. The second-order valence-corrected chi connectivity index (χ2v) is 9.04. The summed E-state index contributed by atoms with van der Waals surface area (Å²) in [4.78, 5) is 38.0. The third-order valence-corrected chi connectivity index (χ3v) is 6.17. The molecule has 0 unspecified atom stereocenters. The zero-order valence-corrected chi connectivity index (χ0v) is 22.5. The Bertz CT molecular complexity index is 1370. The number of anilines is 1. The second kappa shape index (κ2) is 12.3. The van der Waals surface area contributed by atoms with E-state index in [0.29, 0.717) is 39.1 Å². The standard InChI is InChI=1S/C27H28N6O5S/c1-4-37-26(36)23-17(3)29-27(39)30-24(23)19-12-8-9-13-21(19)38-15-22(34)31-28-14-20-16(2)32-33(25(20)35)18-10-6-5-7-11-18/h5-14,20,24H,4,15H2,1-3H3,(H,31,34)(H2,29,30,39)/t20-,24-/m1/s1. The number of allylic oxidation sites excluding steroid dienone is 1. The molecule has 2 amide bonds. The molecular weight excluding hydrogens is 520 g/mol. The van der Waals surface area contributed by atoms with Crippen molar-refractivity contribution in [3.63, 3.8) is 0 Å². The van der Waals surface area contributed by atoms with Crippen LogP contribution < -0.4 is 25.8 Å². The number of nitrogens with one attached hydrogen (secondary N) is 3. The van der Waals surface area contributed by atoms with E-state index in [4.69, 9.17) is 21.7 Å². The minimum Gasteiger partial charge on any atom is -0.483 e. The molecule has 202 valence electrons. The summed E-state index contributed by atoms with van der Waals surface area (Å²) in [6.45, 7) is 5.05. The molecule has 39 heavy (non-hydrogen) atoms. The molecule has 0 fully saturated rings. The number of carbonyl (C=O) groups excluding carboxylic acids is 3. The van der Waals surface area contributed by atoms with E-state index in [1.54, 1.807) is 57.2 Å². The number of ether oxygens (including phenoxy) is 2. The number of benzene rings is 2. The number of hydrogen-bond acceptors (Lipinski definition) is 8. The van der Waals surface area contributed by atoms with Crippen LogP contribution in [0.2, 0.25) is 0 Å². The van der Waals surface area contributed by atoms with Gasteiger partial charge < -0.3 is 20.1 Å². The Hall–Kier alpha value is -4.58. The van der Waals surface area contributed by atoms with Crippen LogP contribution in [0.25, 0.3) is 0 Å². The summed E-state index contributed by atoms with van der Waals surface area (Å²) >= 11 is 5.29. The summed E-state index contributed by atoms with van der Waals surface area (Å²) in [6, 6.07) is 15.4. The number of rotatable bonds is 9. The monoisotopic (exact) mass is 548 g/mol. The Labute approximate surface area is 230 Å². The lowest BCUT2D eigenvalue weighted by molar-refractivity contribution is -0.139. The van der Waals surface area contributed by atoms with Gasteiger partial charge in [-0.05, 0) is 51.2 Å². The number of nitrogens with zero attached hydrogens (tertiary/aromatic N) is 3. The number of thiocarbonyl (C=S) groups is 1. The first-order valence-electron chi connectivity index (χ1n) is 12.2. The van der Waals surface area contributed by atoms with E-state index < -0.39 is 23.8 Å². The SMILES string of the molecule is CCOC(=O)C1=C(C)NC(=S)N[C@@H]1c1ccccc1OCC(=O)NN=C[C@H]1C(=O)N(c2ccccc2)N=C1C. The summed E-state index contributed by atoms with van der Waals surface area (Å²) in [7, 11) is 0.